The molecule has 0 saturated carbocycles. The Labute approximate surface area is 146 Å². The van der Waals surface area contributed by atoms with Gasteiger partial charge in [-0.25, -0.2) is 0 Å². The van der Waals surface area contributed by atoms with Crippen LogP contribution in [0.5, 0.6) is 0 Å². The summed E-state index contributed by atoms with van der Waals surface area (Å²) in [6.45, 7) is 7.04. The summed E-state index contributed by atoms with van der Waals surface area (Å²) < 4.78 is 10.3. The molecule has 0 aromatic carbocycles. The number of hydrogen-bond acceptors (Lipinski definition) is 6. The van der Waals surface area contributed by atoms with E-state index in [1.165, 1.54) is 11.8 Å². The second-order valence-corrected chi connectivity index (χ2v) is 7.47. The molecule has 2 amide bonds. The van der Waals surface area contributed by atoms with Gasteiger partial charge in [0.1, 0.15) is 5.76 Å². The number of rotatable bonds is 6. The third-order valence-electron chi connectivity index (χ3n) is 4.25. The Balaban J connectivity index is 1.77. The van der Waals surface area contributed by atoms with Gasteiger partial charge in [0.05, 0.1) is 17.1 Å². The summed E-state index contributed by atoms with van der Waals surface area (Å²) in [5.74, 6) is 1.62. The van der Waals surface area contributed by atoms with E-state index in [1.807, 2.05) is 4.90 Å². The number of nitrogens with one attached hydrogen (secondary N) is 1. The zero-order chi connectivity index (χ0) is 17.7. The first kappa shape index (κ1) is 18.8. The number of ether oxygens (including phenoxy) is 1. The van der Waals surface area contributed by atoms with Crippen LogP contribution in [-0.4, -0.2) is 59.2 Å². The molecule has 1 aromatic rings. The molecule has 2 rings (SSSR count). The van der Waals surface area contributed by atoms with Crippen molar-refractivity contribution in [2.24, 2.45) is 5.92 Å². The fourth-order valence-electron chi connectivity index (χ4n) is 2.58. The highest BCUT2D eigenvalue weighted by atomic mass is 32.2. The Morgan fingerprint density at radius 3 is 2.96 bits per heavy atom. The van der Waals surface area contributed by atoms with Crippen molar-refractivity contribution in [3.8, 4) is 0 Å². The lowest BCUT2D eigenvalue weighted by molar-refractivity contribution is -0.133. The highest BCUT2D eigenvalue weighted by Crippen LogP contribution is 2.21. The normalized spacial score (nSPS) is 22.2. The van der Waals surface area contributed by atoms with E-state index in [-0.39, 0.29) is 28.9 Å². The summed E-state index contributed by atoms with van der Waals surface area (Å²) in [5, 5.41) is 6.05. The van der Waals surface area contributed by atoms with Crippen molar-refractivity contribution in [1.29, 1.82) is 0 Å². The maximum atomic E-state index is 12.3. The van der Waals surface area contributed by atoms with E-state index < -0.39 is 0 Å². The number of methoxy groups -OCH3 is 1. The molecule has 0 aliphatic carbocycles. The summed E-state index contributed by atoms with van der Waals surface area (Å²) >= 11 is 1.32. The van der Waals surface area contributed by atoms with Gasteiger partial charge in [0.15, 0.2) is 5.82 Å². The van der Waals surface area contributed by atoms with Crippen LogP contribution in [0.1, 0.15) is 26.0 Å². The smallest absolute Gasteiger partial charge is 0.238 e. The molecule has 1 aliphatic heterocycles. The number of nitrogens with zero attached hydrogens (tertiary/aromatic N) is 2. The number of carbonyl (C=O) groups excluding carboxylic acids is 2. The van der Waals surface area contributed by atoms with Crippen LogP contribution in [0.25, 0.3) is 0 Å². The Bertz CT molecular complexity index is 577. The summed E-state index contributed by atoms with van der Waals surface area (Å²) in [5.41, 5.74) is 0. The van der Waals surface area contributed by atoms with Crippen molar-refractivity contribution in [2.75, 3.05) is 31.3 Å². The zero-order valence-electron chi connectivity index (χ0n) is 14.6. The molecule has 1 N–H and O–H groups in total. The SMILES string of the molecule is COC1CN(C(=O)CSC(C)C(=O)Nc2cc(C)on2)CCC1C. The van der Waals surface area contributed by atoms with E-state index in [0.29, 0.717) is 24.0 Å². The molecule has 1 aliphatic rings. The van der Waals surface area contributed by atoms with Gasteiger partial charge in [-0.15, -0.1) is 11.8 Å². The van der Waals surface area contributed by atoms with Crippen LogP contribution in [0.3, 0.4) is 0 Å². The molecule has 134 valence electrons. The van der Waals surface area contributed by atoms with Gasteiger partial charge < -0.3 is 19.5 Å². The number of hydrogen-bond donors (Lipinski definition) is 1. The molecule has 3 unspecified atom stereocenters. The van der Waals surface area contributed by atoms with Crippen LogP contribution in [0.4, 0.5) is 5.82 Å². The standard InChI is InChI=1S/C16H25N3O4S/c1-10-5-6-19(8-13(10)22-4)15(20)9-24-12(3)16(21)17-14-7-11(2)23-18-14/h7,10,12-13H,5-6,8-9H2,1-4H3,(H,17,18,21). The molecular formula is C16H25N3O4S. The van der Waals surface area contributed by atoms with Gasteiger partial charge in [0.2, 0.25) is 11.8 Å². The quantitative estimate of drug-likeness (QED) is 0.839. The first-order chi connectivity index (χ1) is 11.4. The number of anilines is 1. The number of likely N-dealkylation sites (tertiary alicyclic amines) is 1. The van der Waals surface area contributed by atoms with Crippen molar-refractivity contribution in [3.05, 3.63) is 11.8 Å². The van der Waals surface area contributed by atoms with Gasteiger partial charge in [0, 0.05) is 26.3 Å². The van der Waals surface area contributed by atoms with Crippen molar-refractivity contribution >= 4 is 29.4 Å². The van der Waals surface area contributed by atoms with Crippen molar-refractivity contribution < 1.29 is 18.8 Å². The van der Waals surface area contributed by atoms with Gasteiger partial charge in [-0.2, -0.15) is 0 Å². The molecule has 0 spiro atoms. The highest BCUT2D eigenvalue weighted by molar-refractivity contribution is 8.01. The summed E-state index contributed by atoms with van der Waals surface area (Å²) in [7, 11) is 1.68. The van der Waals surface area contributed by atoms with Crippen molar-refractivity contribution in [1.82, 2.24) is 10.1 Å². The minimum absolute atomic E-state index is 0.0471. The first-order valence-electron chi connectivity index (χ1n) is 8.07. The number of piperidine rings is 1. The first-order valence-corrected chi connectivity index (χ1v) is 9.12. The molecule has 7 nitrogen and oxygen atoms in total. The van der Waals surface area contributed by atoms with Crippen LogP contribution in [0, 0.1) is 12.8 Å². The lowest BCUT2D eigenvalue weighted by Gasteiger charge is -2.36. The number of thioether (sulfide) groups is 1. The predicted molar refractivity (Wildman–Crippen MR) is 92.9 cm³/mol. The van der Waals surface area contributed by atoms with Crippen LogP contribution in [0.15, 0.2) is 10.6 Å². The molecule has 1 aromatic heterocycles. The number of carbonyl (C=O) groups is 2. The van der Waals surface area contributed by atoms with E-state index in [1.54, 1.807) is 27.0 Å². The molecule has 0 bridgehead atoms. The van der Waals surface area contributed by atoms with Gasteiger partial charge in [-0.3, -0.25) is 9.59 Å². The van der Waals surface area contributed by atoms with Crippen LogP contribution >= 0.6 is 11.8 Å². The fraction of sp³-hybridized carbons (Fsp3) is 0.688. The molecular weight excluding hydrogens is 330 g/mol. The summed E-state index contributed by atoms with van der Waals surface area (Å²) in [6.07, 6.45) is 1.03. The van der Waals surface area contributed by atoms with E-state index >= 15 is 0 Å². The average Bonchev–Trinajstić information content (AvgIpc) is 2.97. The molecule has 2 heterocycles. The molecule has 3 atom stereocenters. The Morgan fingerprint density at radius 1 is 1.58 bits per heavy atom. The second kappa shape index (κ2) is 8.53. The number of aromatic nitrogens is 1. The average molecular weight is 355 g/mol. The van der Waals surface area contributed by atoms with E-state index in [4.69, 9.17) is 9.26 Å². The second-order valence-electron chi connectivity index (χ2n) is 6.15. The monoisotopic (exact) mass is 355 g/mol. The van der Waals surface area contributed by atoms with E-state index in [2.05, 4.69) is 17.4 Å². The molecule has 1 saturated heterocycles. The van der Waals surface area contributed by atoms with Gasteiger partial charge in [-0.1, -0.05) is 12.1 Å². The highest BCUT2D eigenvalue weighted by Gasteiger charge is 2.29. The zero-order valence-corrected chi connectivity index (χ0v) is 15.4. The number of amides is 2. The maximum Gasteiger partial charge on any atom is 0.238 e. The molecule has 1 fully saturated rings. The number of aryl methyl sites for hydroxylation is 1. The Morgan fingerprint density at radius 2 is 2.33 bits per heavy atom. The largest absolute Gasteiger partial charge is 0.379 e. The van der Waals surface area contributed by atoms with Gasteiger partial charge in [0.25, 0.3) is 0 Å². The summed E-state index contributed by atoms with van der Waals surface area (Å²) in [6, 6.07) is 1.65. The summed E-state index contributed by atoms with van der Waals surface area (Å²) in [4.78, 5) is 26.3. The Hall–Kier alpha value is -1.54. The molecule has 8 heteroatoms. The van der Waals surface area contributed by atoms with Crippen LogP contribution in [-0.2, 0) is 14.3 Å². The topological polar surface area (TPSA) is 84.7 Å². The Kier molecular flexibility index (Phi) is 6.68. The van der Waals surface area contributed by atoms with Gasteiger partial charge >= 0.3 is 0 Å². The van der Waals surface area contributed by atoms with Crippen molar-refractivity contribution in [3.63, 3.8) is 0 Å². The molecule has 24 heavy (non-hydrogen) atoms. The van der Waals surface area contributed by atoms with Crippen LogP contribution in [0.2, 0.25) is 0 Å². The fourth-order valence-corrected chi connectivity index (χ4v) is 3.37. The lowest BCUT2D eigenvalue weighted by Crippen LogP contribution is -2.47. The van der Waals surface area contributed by atoms with Gasteiger partial charge in [-0.05, 0) is 26.2 Å². The van der Waals surface area contributed by atoms with E-state index in [9.17, 15) is 9.59 Å². The minimum Gasteiger partial charge on any atom is -0.379 e. The molecule has 0 radical (unpaired) electrons. The van der Waals surface area contributed by atoms with Crippen molar-refractivity contribution in [2.45, 2.75) is 38.5 Å². The van der Waals surface area contributed by atoms with Crippen LogP contribution < -0.4 is 5.32 Å². The predicted octanol–water partition coefficient (Wildman–Crippen LogP) is 1.93. The lowest BCUT2D eigenvalue weighted by atomic mass is 9.96. The minimum atomic E-state index is -0.354. The third-order valence-corrected chi connectivity index (χ3v) is 5.38. The van der Waals surface area contributed by atoms with E-state index in [0.717, 1.165) is 13.0 Å². The third kappa shape index (κ3) is 4.98. The maximum absolute atomic E-state index is 12.3.